The molecule has 0 saturated heterocycles. The summed E-state index contributed by atoms with van der Waals surface area (Å²) in [6, 6.07) is 0. The molecule has 4 atom stereocenters. The number of aliphatic hydroxyl groups excluding tert-OH is 2. The lowest BCUT2D eigenvalue weighted by atomic mass is 9.47. The highest BCUT2D eigenvalue weighted by molar-refractivity contribution is 5.17. The Hall–Kier alpha value is -0.600. The first-order valence-corrected chi connectivity index (χ1v) is 8.92. The average Bonchev–Trinajstić information content (AvgIpc) is 2.46. The van der Waals surface area contributed by atoms with Gasteiger partial charge in [0, 0.05) is 6.61 Å². The molecule has 2 rings (SSSR count). The Balaban J connectivity index is 2.20. The summed E-state index contributed by atoms with van der Waals surface area (Å²) in [5, 5.41) is 19.0. The van der Waals surface area contributed by atoms with Crippen molar-refractivity contribution in [3.05, 3.63) is 23.8 Å². The molecule has 0 aromatic carbocycles. The smallest absolute Gasteiger partial charge is 0.0614 e. The zero-order valence-electron chi connectivity index (χ0n) is 14.7. The van der Waals surface area contributed by atoms with Crippen LogP contribution in [0.5, 0.6) is 0 Å². The van der Waals surface area contributed by atoms with Crippen LogP contribution in [-0.2, 0) is 0 Å². The Morgan fingerprint density at radius 1 is 1.32 bits per heavy atom. The Kier molecular flexibility index (Phi) is 5.55. The van der Waals surface area contributed by atoms with Crippen LogP contribution in [0.2, 0.25) is 0 Å². The Morgan fingerprint density at radius 2 is 2.05 bits per heavy atom. The van der Waals surface area contributed by atoms with Crippen molar-refractivity contribution in [3.8, 4) is 0 Å². The lowest BCUT2D eigenvalue weighted by molar-refractivity contribution is -0.0858. The van der Waals surface area contributed by atoms with E-state index in [9.17, 15) is 5.11 Å². The van der Waals surface area contributed by atoms with Crippen LogP contribution in [0.15, 0.2) is 23.8 Å². The molecule has 2 aliphatic rings. The summed E-state index contributed by atoms with van der Waals surface area (Å²) >= 11 is 0. The van der Waals surface area contributed by atoms with Gasteiger partial charge in [0.15, 0.2) is 0 Å². The molecule has 0 spiro atoms. The van der Waals surface area contributed by atoms with Gasteiger partial charge in [-0.15, -0.1) is 0 Å². The standard InChI is InChI=1S/C20H34O2/c1-15(10-13-21)6-8-17-16(2)7-9-18-19(3,14-22)11-5-12-20(17,18)4/h10,17-18,21-22H,2,5-9,11-14H2,1,3-4H3/b15-10+. The van der Waals surface area contributed by atoms with Gasteiger partial charge >= 0.3 is 0 Å². The molecule has 2 nitrogen and oxygen atoms in total. The van der Waals surface area contributed by atoms with Gasteiger partial charge in [0.25, 0.3) is 0 Å². The number of rotatable bonds is 5. The average molecular weight is 306 g/mol. The van der Waals surface area contributed by atoms with Crippen molar-refractivity contribution in [2.24, 2.45) is 22.7 Å². The number of hydrogen-bond acceptors (Lipinski definition) is 2. The minimum atomic E-state index is 0.0853. The van der Waals surface area contributed by atoms with Crippen LogP contribution in [0, 0.1) is 22.7 Å². The van der Waals surface area contributed by atoms with Crippen LogP contribution in [0.25, 0.3) is 0 Å². The van der Waals surface area contributed by atoms with Crippen molar-refractivity contribution in [1.29, 1.82) is 0 Å². The van der Waals surface area contributed by atoms with E-state index >= 15 is 0 Å². The summed E-state index contributed by atoms with van der Waals surface area (Å²) in [7, 11) is 0. The van der Waals surface area contributed by atoms with Crippen LogP contribution >= 0.6 is 0 Å². The minimum Gasteiger partial charge on any atom is -0.396 e. The zero-order chi connectivity index (χ0) is 16.4. The van der Waals surface area contributed by atoms with Crippen LogP contribution in [0.4, 0.5) is 0 Å². The van der Waals surface area contributed by atoms with E-state index in [-0.39, 0.29) is 17.4 Å². The van der Waals surface area contributed by atoms with Gasteiger partial charge in [0.05, 0.1) is 6.61 Å². The van der Waals surface area contributed by atoms with Crippen molar-refractivity contribution in [2.75, 3.05) is 13.2 Å². The normalized spacial score (nSPS) is 39.7. The zero-order valence-corrected chi connectivity index (χ0v) is 14.7. The Morgan fingerprint density at radius 3 is 2.68 bits per heavy atom. The maximum Gasteiger partial charge on any atom is 0.0614 e. The molecule has 0 amide bonds. The fraction of sp³-hybridized carbons (Fsp3) is 0.800. The molecule has 2 fully saturated rings. The van der Waals surface area contributed by atoms with E-state index in [1.54, 1.807) is 0 Å². The van der Waals surface area contributed by atoms with Crippen LogP contribution < -0.4 is 0 Å². The first-order valence-electron chi connectivity index (χ1n) is 8.92. The van der Waals surface area contributed by atoms with Crippen molar-refractivity contribution in [1.82, 2.24) is 0 Å². The van der Waals surface area contributed by atoms with Crippen molar-refractivity contribution in [2.45, 2.75) is 65.7 Å². The highest BCUT2D eigenvalue weighted by atomic mass is 16.3. The maximum absolute atomic E-state index is 9.98. The first kappa shape index (κ1) is 17.7. The van der Waals surface area contributed by atoms with Crippen molar-refractivity contribution in [3.63, 3.8) is 0 Å². The van der Waals surface area contributed by atoms with Gasteiger partial charge in [-0.1, -0.05) is 44.1 Å². The minimum absolute atomic E-state index is 0.0853. The summed E-state index contributed by atoms with van der Waals surface area (Å²) < 4.78 is 0. The van der Waals surface area contributed by atoms with E-state index in [0.717, 1.165) is 25.7 Å². The van der Waals surface area contributed by atoms with Gasteiger partial charge in [-0.25, -0.2) is 0 Å². The predicted octanol–water partition coefficient (Wildman–Crippen LogP) is 4.48. The van der Waals surface area contributed by atoms with E-state index in [0.29, 0.717) is 18.4 Å². The molecule has 0 bridgehead atoms. The van der Waals surface area contributed by atoms with Gasteiger partial charge < -0.3 is 10.2 Å². The molecule has 0 aromatic heterocycles. The molecule has 2 saturated carbocycles. The second-order valence-corrected chi connectivity index (χ2v) is 8.25. The van der Waals surface area contributed by atoms with Crippen LogP contribution in [-0.4, -0.2) is 23.4 Å². The molecule has 0 heterocycles. The largest absolute Gasteiger partial charge is 0.396 e. The lowest BCUT2D eigenvalue weighted by Gasteiger charge is -2.58. The van der Waals surface area contributed by atoms with Crippen molar-refractivity contribution >= 4 is 0 Å². The third-order valence-corrected chi connectivity index (χ3v) is 6.77. The van der Waals surface area contributed by atoms with Gasteiger partial charge in [-0.3, -0.25) is 0 Å². The number of aliphatic hydroxyl groups is 2. The molecule has 126 valence electrons. The molecule has 2 N–H and O–H groups in total. The second kappa shape index (κ2) is 6.88. The molecule has 0 radical (unpaired) electrons. The molecule has 0 aliphatic heterocycles. The van der Waals surface area contributed by atoms with E-state index in [1.807, 2.05) is 6.08 Å². The monoisotopic (exact) mass is 306 g/mol. The number of fused-ring (bicyclic) bond motifs is 1. The molecule has 4 unspecified atom stereocenters. The van der Waals surface area contributed by atoms with E-state index in [1.165, 1.54) is 30.4 Å². The molecule has 22 heavy (non-hydrogen) atoms. The topological polar surface area (TPSA) is 40.5 Å². The SMILES string of the molecule is C=C1CCC2C(C)(CO)CCCC2(C)C1CC/C(C)=C/CO. The van der Waals surface area contributed by atoms with Crippen LogP contribution in [0.1, 0.15) is 65.7 Å². The molecule has 2 heteroatoms. The molecule has 2 aliphatic carbocycles. The van der Waals surface area contributed by atoms with Crippen LogP contribution in [0.3, 0.4) is 0 Å². The quantitative estimate of drug-likeness (QED) is 0.735. The summed E-state index contributed by atoms with van der Waals surface area (Å²) in [4.78, 5) is 0. The summed E-state index contributed by atoms with van der Waals surface area (Å²) in [5.74, 6) is 1.16. The summed E-state index contributed by atoms with van der Waals surface area (Å²) in [5.41, 5.74) is 3.06. The third kappa shape index (κ3) is 3.19. The number of hydrogen-bond donors (Lipinski definition) is 2. The highest BCUT2D eigenvalue weighted by Gasteiger charge is 2.53. The summed E-state index contributed by atoms with van der Waals surface area (Å²) in [6.45, 7) is 11.7. The fourth-order valence-electron chi connectivity index (χ4n) is 5.44. The predicted molar refractivity (Wildman–Crippen MR) is 92.6 cm³/mol. The molecular formula is C20H34O2. The Bertz CT molecular complexity index is 439. The highest BCUT2D eigenvalue weighted by Crippen LogP contribution is 2.61. The van der Waals surface area contributed by atoms with Gasteiger partial charge in [-0.05, 0) is 68.1 Å². The van der Waals surface area contributed by atoms with Crippen molar-refractivity contribution < 1.29 is 10.2 Å². The second-order valence-electron chi connectivity index (χ2n) is 8.25. The Labute approximate surface area is 136 Å². The van der Waals surface area contributed by atoms with Gasteiger partial charge in [0.1, 0.15) is 0 Å². The number of allylic oxidation sites excluding steroid dienone is 2. The van der Waals surface area contributed by atoms with E-state index < -0.39 is 0 Å². The lowest BCUT2D eigenvalue weighted by Crippen LogP contribution is -2.51. The third-order valence-electron chi connectivity index (χ3n) is 6.77. The van der Waals surface area contributed by atoms with Gasteiger partial charge in [-0.2, -0.15) is 0 Å². The van der Waals surface area contributed by atoms with Gasteiger partial charge in [0.2, 0.25) is 0 Å². The molecule has 0 aromatic rings. The fourth-order valence-corrected chi connectivity index (χ4v) is 5.44. The summed E-state index contributed by atoms with van der Waals surface area (Å²) in [6.07, 6.45) is 10.0. The van der Waals surface area contributed by atoms with E-state index in [2.05, 4.69) is 27.4 Å². The first-order chi connectivity index (χ1) is 10.4. The maximum atomic E-state index is 9.98. The van der Waals surface area contributed by atoms with E-state index in [4.69, 9.17) is 5.11 Å². The molecular weight excluding hydrogens is 272 g/mol.